The molecule has 0 aromatic heterocycles. The van der Waals surface area contributed by atoms with Crippen molar-refractivity contribution < 1.29 is 13.9 Å². The number of aliphatic imine (C=N–C) groups is 1. The van der Waals surface area contributed by atoms with Gasteiger partial charge in [-0.05, 0) is 58.2 Å². The van der Waals surface area contributed by atoms with Crippen molar-refractivity contribution in [2.45, 2.75) is 51.6 Å². The highest BCUT2D eigenvalue weighted by Gasteiger charge is 2.44. The molecule has 6 heteroatoms. The van der Waals surface area contributed by atoms with Crippen LogP contribution in [0.25, 0.3) is 0 Å². The molecule has 1 aliphatic rings. The maximum Gasteiger partial charge on any atom is 0.328 e. The number of halogens is 1. The highest BCUT2D eigenvalue weighted by molar-refractivity contribution is 5.83. The topological polar surface area (TPSA) is 62.7 Å². The second-order valence-electron chi connectivity index (χ2n) is 7.43. The van der Waals surface area contributed by atoms with Gasteiger partial charge in [-0.1, -0.05) is 12.1 Å². The lowest BCUT2D eigenvalue weighted by Crippen LogP contribution is -2.41. The van der Waals surface area contributed by atoms with Gasteiger partial charge in [0.25, 0.3) is 0 Å². The van der Waals surface area contributed by atoms with E-state index >= 15 is 0 Å². The van der Waals surface area contributed by atoms with Crippen LogP contribution < -0.4 is 10.6 Å². The third-order valence-electron chi connectivity index (χ3n) is 4.02. The van der Waals surface area contributed by atoms with Crippen LogP contribution in [-0.2, 0) is 14.9 Å². The largest absolute Gasteiger partial charge is 0.459 e. The van der Waals surface area contributed by atoms with Gasteiger partial charge in [0.05, 0.1) is 0 Å². The van der Waals surface area contributed by atoms with Gasteiger partial charge < -0.3 is 15.4 Å². The van der Waals surface area contributed by atoms with E-state index in [4.69, 9.17) is 4.74 Å². The fourth-order valence-electron chi connectivity index (χ4n) is 2.65. The molecule has 138 valence electrons. The highest BCUT2D eigenvalue weighted by atomic mass is 19.1. The van der Waals surface area contributed by atoms with E-state index in [1.807, 2.05) is 33.8 Å². The molecule has 2 N–H and O–H groups in total. The van der Waals surface area contributed by atoms with Gasteiger partial charge in [-0.25, -0.2) is 9.38 Å². The minimum absolute atomic E-state index is 0.0421. The van der Waals surface area contributed by atoms with Crippen molar-refractivity contribution in [3.63, 3.8) is 0 Å². The van der Waals surface area contributed by atoms with Crippen molar-refractivity contribution in [3.8, 4) is 0 Å². The average molecular weight is 349 g/mol. The lowest BCUT2D eigenvalue weighted by atomic mass is 9.96. The van der Waals surface area contributed by atoms with Gasteiger partial charge in [0.15, 0.2) is 5.96 Å². The minimum Gasteiger partial charge on any atom is -0.459 e. The average Bonchev–Trinajstić information content (AvgIpc) is 3.29. The van der Waals surface area contributed by atoms with Crippen LogP contribution in [0, 0.1) is 5.82 Å². The maximum atomic E-state index is 13.5. The Kier molecular flexibility index (Phi) is 6.03. The number of nitrogens with one attached hydrogen (secondary N) is 2. The van der Waals surface area contributed by atoms with E-state index in [0.29, 0.717) is 19.0 Å². The first-order valence-corrected chi connectivity index (χ1v) is 8.74. The Morgan fingerprint density at radius 3 is 2.60 bits per heavy atom. The summed E-state index contributed by atoms with van der Waals surface area (Å²) in [5.74, 6) is -0.0127. The Balaban J connectivity index is 1.95. The van der Waals surface area contributed by atoms with E-state index in [1.54, 1.807) is 12.1 Å². The maximum absolute atomic E-state index is 13.5. The monoisotopic (exact) mass is 349 g/mol. The molecule has 1 saturated carbocycles. The zero-order valence-corrected chi connectivity index (χ0v) is 15.5. The van der Waals surface area contributed by atoms with Crippen molar-refractivity contribution in [3.05, 3.63) is 35.6 Å². The molecule has 0 unspecified atom stereocenters. The van der Waals surface area contributed by atoms with Crippen molar-refractivity contribution >= 4 is 11.9 Å². The summed E-state index contributed by atoms with van der Waals surface area (Å²) in [5, 5.41) is 6.39. The van der Waals surface area contributed by atoms with E-state index < -0.39 is 5.60 Å². The molecule has 25 heavy (non-hydrogen) atoms. The fourth-order valence-corrected chi connectivity index (χ4v) is 2.65. The van der Waals surface area contributed by atoms with Gasteiger partial charge in [-0.15, -0.1) is 0 Å². The molecule has 2 rings (SSSR count). The molecule has 0 spiro atoms. The predicted octanol–water partition coefficient (Wildman–Crippen LogP) is 2.75. The summed E-state index contributed by atoms with van der Waals surface area (Å²) in [6.07, 6.45) is 2.02. The summed E-state index contributed by atoms with van der Waals surface area (Å²) in [6, 6.07) is 6.76. The van der Waals surface area contributed by atoms with Crippen molar-refractivity contribution in [2.75, 3.05) is 19.6 Å². The molecule has 0 heterocycles. The number of hydrogen-bond acceptors (Lipinski definition) is 3. The lowest BCUT2D eigenvalue weighted by molar-refractivity contribution is -0.152. The normalized spacial score (nSPS) is 16.3. The standard InChI is InChI=1S/C19H28FN3O2/c1-5-21-17(22-12-16(24)25-18(2,3)4)23-13-19(9-10-19)14-7-6-8-15(20)11-14/h6-8,11H,5,9-10,12-13H2,1-4H3,(H2,21,22,23). The Labute approximate surface area is 149 Å². The molecule has 0 amide bonds. The molecule has 0 saturated heterocycles. The number of esters is 1. The van der Waals surface area contributed by atoms with Gasteiger partial charge in [0.2, 0.25) is 0 Å². The summed E-state index contributed by atoms with van der Waals surface area (Å²) in [5.41, 5.74) is 0.431. The van der Waals surface area contributed by atoms with Crippen molar-refractivity contribution in [1.29, 1.82) is 0 Å². The fraction of sp³-hybridized carbons (Fsp3) is 0.579. The van der Waals surface area contributed by atoms with Crippen LogP contribution in [-0.4, -0.2) is 37.2 Å². The van der Waals surface area contributed by atoms with E-state index in [-0.39, 0.29) is 23.7 Å². The summed E-state index contributed by atoms with van der Waals surface area (Å²) in [6.45, 7) is 8.74. The predicted molar refractivity (Wildman–Crippen MR) is 97.1 cm³/mol. The molecule has 0 aliphatic heterocycles. The molecule has 5 nitrogen and oxygen atoms in total. The van der Waals surface area contributed by atoms with Crippen LogP contribution >= 0.6 is 0 Å². The third kappa shape index (κ3) is 6.03. The van der Waals surface area contributed by atoms with Gasteiger partial charge in [0.1, 0.15) is 18.0 Å². The lowest BCUT2D eigenvalue weighted by Gasteiger charge is -2.20. The summed E-state index contributed by atoms with van der Waals surface area (Å²) in [7, 11) is 0. The number of carbonyl (C=O) groups excluding carboxylic acids is 1. The van der Waals surface area contributed by atoms with E-state index in [0.717, 1.165) is 18.4 Å². The second kappa shape index (κ2) is 7.85. The van der Waals surface area contributed by atoms with E-state index in [2.05, 4.69) is 15.6 Å². The van der Waals surface area contributed by atoms with Crippen molar-refractivity contribution in [2.24, 2.45) is 4.99 Å². The van der Waals surface area contributed by atoms with Gasteiger partial charge in [-0.3, -0.25) is 4.79 Å². The third-order valence-corrected chi connectivity index (χ3v) is 4.02. The van der Waals surface area contributed by atoms with Crippen LogP contribution in [0.3, 0.4) is 0 Å². The molecular formula is C19H28FN3O2. The zero-order chi connectivity index (χ0) is 18.5. The summed E-state index contributed by atoms with van der Waals surface area (Å²) in [4.78, 5) is 16.1. The summed E-state index contributed by atoms with van der Waals surface area (Å²) < 4.78 is 18.7. The molecule has 0 atom stereocenters. The zero-order valence-electron chi connectivity index (χ0n) is 15.5. The molecule has 1 fully saturated rings. The molecule has 1 aliphatic carbocycles. The molecule has 1 aromatic carbocycles. The van der Waals surface area contributed by atoms with E-state index in [1.165, 1.54) is 6.07 Å². The SMILES string of the molecule is CCNC(=NCC(=O)OC(C)(C)C)NCC1(c2cccc(F)c2)CC1. The van der Waals surface area contributed by atoms with Crippen LogP contribution in [0.15, 0.2) is 29.3 Å². The minimum atomic E-state index is -0.520. The number of hydrogen-bond donors (Lipinski definition) is 2. The quantitative estimate of drug-likeness (QED) is 0.471. The second-order valence-corrected chi connectivity index (χ2v) is 7.43. The number of carbonyl (C=O) groups is 1. The van der Waals surface area contributed by atoms with Crippen LogP contribution in [0.5, 0.6) is 0 Å². The number of rotatable bonds is 6. The Hall–Kier alpha value is -2.11. The van der Waals surface area contributed by atoms with Crippen LogP contribution in [0.1, 0.15) is 46.1 Å². The number of ether oxygens (including phenoxy) is 1. The van der Waals surface area contributed by atoms with E-state index in [9.17, 15) is 9.18 Å². The van der Waals surface area contributed by atoms with Crippen LogP contribution in [0.2, 0.25) is 0 Å². The van der Waals surface area contributed by atoms with Gasteiger partial charge >= 0.3 is 5.97 Å². The first-order valence-electron chi connectivity index (χ1n) is 8.74. The Morgan fingerprint density at radius 2 is 2.04 bits per heavy atom. The van der Waals surface area contributed by atoms with Crippen molar-refractivity contribution in [1.82, 2.24) is 10.6 Å². The van der Waals surface area contributed by atoms with Gasteiger partial charge in [0, 0.05) is 18.5 Å². The first-order chi connectivity index (χ1) is 11.7. The van der Waals surface area contributed by atoms with Gasteiger partial charge in [-0.2, -0.15) is 0 Å². The Morgan fingerprint density at radius 1 is 1.32 bits per heavy atom. The highest BCUT2D eigenvalue weighted by Crippen LogP contribution is 2.47. The molecule has 0 bridgehead atoms. The number of nitrogens with zero attached hydrogens (tertiary/aromatic N) is 1. The Bertz CT molecular complexity index is 634. The molecule has 0 radical (unpaired) electrons. The number of guanidine groups is 1. The number of benzene rings is 1. The van der Waals surface area contributed by atoms with Crippen LogP contribution in [0.4, 0.5) is 4.39 Å². The summed E-state index contributed by atoms with van der Waals surface area (Å²) >= 11 is 0. The first kappa shape index (κ1) is 19.2. The molecular weight excluding hydrogens is 321 g/mol. The smallest absolute Gasteiger partial charge is 0.328 e. The molecule has 1 aromatic rings.